The van der Waals surface area contributed by atoms with Gasteiger partial charge in [-0.25, -0.2) is 13.8 Å². The summed E-state index contributed by atoms with van der Waals surface area (Å²) in [5.74, 6) is -1.20. The van der Waals surface area contributed by atoms with Gasteiger partial charge in [-0.1, -0.05) is 20.8 Å². The van der Waals surface area contributed by atoms with Crippen molar-refractivity contribution in [2.24, 2.45) is 0 Å². The van der Waals surface area contributed by atoms with Crippen LogP contribution < -0.4 is 10.1 Å². The molecule has 25 heavy (non-hydrogen) atoms. The van der Waals surface area contributed by atoms with Crippen LogP contribution in [0.25, 0.3) is 0 Å². The fourth-order valence-electron chi connectivity index (χ4n) is 2.36. The Labute approximate surface area is 153 Å². The lowest BCUT2D eigenvalue weighted by Gasteiger charge is -2.23. The first-order valence-electron chi connectivity index (χ1n) is 7.59. The Kier molecular flexibility index (Phi) is 5.77. The van der Waals surface area contributed by atoms with Gasteiger partial charge in [0.2, 0.25) is 5.91 Å². The number of aromatic nitrogens is 1. The van der Waals surface area contributed by atoms with Crippen molar-refractivity contribution in [3.63, 3.8) is 0 Å². The summed E-state index contributed by atoms with van der Waals surface area (Å²) >= 11 is 3.10. The maximum atomic E-state index is 14.4. The minimum absolute atomic E-state index is 0.0226. The minimum Gasteiger partial charge on any atom is -0.496 e. The van der Waals surface area contributed by atoms with Gasteiger partial charge in [0.25, 0.3) is 0 Å². The van der Waals surface area contributed by atoms with Crippen LogP contribution in [0.4, 0.5) is 14.5 Å². The highest BCUT2D eigenvalue weighted by Crippen LogP contribution is 2.33. The van der Waals surface area contributed by atoms with E-state index < -0.39 is 17.5 Å². The number of hydrogen-bond donors (Lipinski definition) is 1. The molecule has 1 aromatic heterocycles. The zero-order chi connectivity index (χ0) is 18.8. The molecule has 1 amide bonds. The Morgan fingerprint density at radius 1 is 1.24 bits per heavy atom. The molecule has 134 valence electrons. The minimum atomic E-state index is -0.669. The topological polar surface area (TPSA) is 51.2 Å². The predicted molar refractivity (Wildman–Crippen MR) is 95.9 cm³/mol. The van der Waals surface area contributed by atoms with Crippen LogP contribution in [0.15, 0.2) is 29.0 Å². The lowest BCUT2D eigenvalue weighted by atomic mass is 9.85. The van der Waals surface area contributed by atoms with Gasteiger partial charge >= 0.3 is 0 Å². The highest BCUT2D eigenvalue weighted by molar-refractivity contribution is 9.10. The monoisotopic (exact) mass is 412 g/mol. The number of ether oxygens (including phenoxy) is 1. The van der Waals surface area contributed by atoms with Gasteiger partial charge in [0.15, 0.2) is 5.82 Å². The number of benzene rings is 1. The average Bonchev–Trinajstić information content (AvgIpc) is 2.51. The van der Waals surface area contributed by atoms with Crippen molar-refractivity contribution in [1.29, 1.82) is 0 Å². The van der Waals surface area contributed by atoms with Crippen LogP contribution in [0, 0.1) is 11.6 Å². The molecule has 0 radical (unpaired) electrons. The molecule has 0 unspecified atom stereocenters. The molecule has 4 nitrogen and oxygen atoms in total. The molecule has 0 aliphatic carbocycles. The Morgan fingerprint density at radius 2 is 1.92 bits per heavy atom. The summed E-state index contributed by atoms with van der Waals surface area (Å²) in [6, 6.07) is 4.23. The number of methoxy groups -OCH3 is 1. The van der Waals surface area contributed by atoms with Crippen molar-refractivity contribution in [3.8, 4) is 5.75 Å². The van der Waals surface area contributed by atoms with E-state index >= 15 is 0 Å². The lowest BCUT2D eigenvalue weighted by molar-refractivity contribution is -0.115. The number of nitrogens with one attached hydrogen (secondary N) is 1. The van der Waals surface area contributed by atoms with E-state index in [9.17, 15) is 13.6 Å². The number of pyridine rings is 1. The second-order valence-electron chi connectivity index (χ2n) is 6.61. The summed E-state index contributed by atoms with van der Waals surface area (Å²) in [4.78, 5) is 15.9. The maximum absolute atomic E-state index is 14.4. The van der Waals surface area contributed by atoms with E-state index in [2.05, 4.69) is 26.2 Å². The molecule has 0 atom stereocenters. The van der Waals surface area contributed by atoms with E-state index in [0.29, 0.717) is 15.9 Å². The smallest absolute Gasteiger partial charge is 0.228 e. The molecule has 1 N–H and O–H groups in total. The number of hydrogen-bond acceptors (Lipinski definition) is 3. The van der Waals surface area contributed by atoms with Gasteiger partial charge in [-0.2, -0.15) is 0 Å². The van der Waals surface area contributed by atoms with E-state index in [1.54, 1.807) is 0 Å². The molecule has 1 aromatic carbocycles. The van der Waals surface area contributed by atoms with E-state index in [0.717, 1.165) is 6.20 Å². The molecule has 0 bridgehead atoms. The second-order valence-corrected chi connectivity index (χ2v) is 7.42. The van der Waals surface area contributed by atoms with Crippen molar-refractivity contribution in [2.75, 3.05) is 12.4 Å². The first-order valence-corrected chi connectivity index (χ1v) is 8.39. The molecule has 0 aliphatic rings. The molecular weight excluding hydrogens is 394 g/mol. The zero-order valence-corrected chi connectivity index (χ0v) is 16.0. The van der Waals surface area contributed by atoms with Crippen LogP contribution in [0.5, 0.6) is 5.75 Å². The summed E-state index contributed by atoms with van der Waals surface area (Å²) in [6.07, 6.45) is 0.743. The highest BCUT2D eigenvalue weighted by atomic mass is 79.9. The molecule has 0 saturated carbocycles. The fraction of sp³-hybridized carbons (Fsp3) is 0.333. The molecule has 2 rings (SSSR count). The number of carbonyl (C=O) groups is 1. The van der Waals surface area contributed by atoms with Gasteiger partial charge in [0.1, 0.15) is 16.2 Å². The van der Waals surface area contributed by atoms with Gasteiger partial charge in [0, 0.05) is 11.1 Å². The van der Waals surface area contributed by atoms with Crippen molar-refractivity contribution >= 4 is 27.5 Å². The number of carbonyl (C=O) groups excluding carboxylic acids is 1. The first kappa shape index (κ1) is 19.3. The van der Waals surface area contributed by atoms with E-state index in [-0.39, 0.29) is 23.1 Å². The summed E-state index contributed by atoms with van der Waals surface area (Å²) in [5.41, 5.74) is 0.557. The average molecular weight is 413 g/mol. The molecule has 0 spiro atoms. The number of anilines is 1. The fourth-order valence-corrected chi connectivity index (χ4v) is 2.69. The first-order chi connectivity index (χ1) is 11.6. The van der Waals surface area contributed by atoms with Crippen LogP contribution in [-0.4, -0.2) is 18.0 Å². The van der Waals surface area contributed by atoms with Gasteiger partial charge in [0.05, 0.1) is 25.4 Å². The summed E-state index contributed by atoms with van der Waals surface area (Å²) in [7, 11) is 1.50. The molecule has 1 heterocycles. The Bertz CT molecular complexity index is 804. The predicted octanol–water partition coefficient (Wildman–Crippen LogP) is 4.61. The van der Waals surface area contributed by atoms with Gasteiger partial charge in [-0.3, -0.25) is 4.79 Å². The number of rotatable bonds is 4. The standard InChI is InChI=1S/C18H19BrF2N2O2/c1-18(2,3)11-7-12(20)10(5-15(11)25-4)6-17(24)23-14-8-16(19)22-9-13(14)21/h5,7-9H,6H2,1-4H3,(H,22,23,24). The third-order valence-corrected chi connectivity index (χ3v) is 4.06. The molecule has 0 fully saturated rings. The molecule has 2 aromatic rings. The van der Waals surface area contributed by atoms with Crippen LogP contribution in [0.3, 0.4) is 0 Å². The van der Waals surface area contributed by atoms with Crippen molar-refractivity contribution in [2.45, 2.75) is 32.6 Å². The normalized spacial score (nSPS) is 11.3. The highest BCUT2D eigenvalue weighted by Gasteiger charge is 2.22. The summed E-state index contributed by atoms with van der Waals surface area (Å²) in [6.45, 7) is 5.84. The van der Waals surface area contributed by atoms with E-state index in [1.807, 2.05) is 20.8 Å². The molecule has 7 heteroatoms. The Balaban J connectivity index is 2.25. The molecule has 0 aliphatic heterocycles. The summed E-state index contributed by atoms with van der Waals surface area (Å²) < 4.78 is 33.8. The lowest BCUT2D eigenvalue weighted by Crippen LogP contribution is -2.18. The van der Waals surface area contributed by atoms with E-state index in [1.165, 1.54) is 25.3 Å². The third-order valence-electron chi connectivity index (χ3n) is 3.62. The Morgan fingerprint density at radius 3 is 2.52 bits per heavy atom. The van der Waals surface area contributed by atoms with Crippen molar-refractivity contribution < 1.29 is 18.3 Å². The van der Waals surface area contributed by atoms with Crippen LogP contribution >= 0.6 is 15.9 Å². The van der Waals surface area contributed by atoms with E-state index in [4.69, 9.17) is 4.74 Å². The van der Waals surface area contributed by atoms with Gasteiger partial charge < -0.3 is 10.1 Å². The van der Waals surface area contributed by atoms with Crippen LogP contribution in [-0.2, 0) is 16.6 Å². The van der Waals surface area contributed by atoms with Crippen LogP contribution in [0.1, 0.15) is 31.9 Å². The number of halogens is 3. The molecule has 0 saturated heterocycles. The second kappa shape index (κ2) is 7.47. The quantitative estimate of drug-likeness (QED) is 0.745. The number of amides is 1. The molecular formula is C18H19BrF2N2O2. The number of nitrogens with zero attached hydrogens (tertiary/aromatic N) is 1. The zero-order valence-electron chi connectivity index (χ0n) is 14.4. The SMILES string of the molecule is COc1cc(CC(=O)Nc2cc(Br)ncc2F)c(F)cc1C(C)(C)C. The third kappa shape index (κ3) is 4.75. The van der Waals surface area contributed by atoms with Crippen molar-refractivity contribution in [3.05, 3.63) is 51.8 Å². The Hall–Kier alpha value is -2.02. The van der Waals surface area contributed by atoms with Gasteiger partial charge in [-0.05, 0) is 39.5 Å². The van der Waals surface area contributed by atoms with Crippen molar-refractivity contribution in [1.82, 2.24) is 4.98 Å². The maximum Gasteiger partial charge on any atom is 0.228 e. The van der Waals surface area contributed by atoms with Crippen LogP contribution in [0.2, 0.25) is 0 Å². The largest absolute Gasteiger partial charge is 0.496 e. The summed E-state index contributed by atoms with van der Waals surface area (Å²) in [5, 5.41) is 2.42. The van der Waals surface area contributed by atoms with Gasteiger partial charge in [-0.15, -0.1) is 0 Å².